The van der Waals surface area contributed by atoms with Gasteiger partial charge in [-0.3, -0.25) is 4.79 Å². The third-order valence-corrected chi connectivity index (χ3v) is 8.49. The molecular weight excluding hydrogens is 316 g/mol. The Bertz CT molecular complexity index is 615. The molecule has 0 bridgehead atoms. The highest BCUT2D eigenvalue weighted by Crippen LogP contribution is 2.71. The molecule has 140 valence electrons. The van der Waals surface area contributed by atoms with Crippen molar-refractivity contribution in [3.63, 3.8) is 0 Å². The molecule has 4 heteroatoms. The van der Waals surface area contributed by atoms with Crippen molar-refractivity contribution in [1.29, 1.82) is 0 Å². The lowest BCUT2D eigenvalue weighted by atomic mass is 9.59. The number of ketones is 1. The van der Waals surface area contributed by atoms with Gasteiger partial charge in [-0.15, -0.1) is 0 Å². The summed E-state index contributed by atoms with van der Waals surface area (Å²) in [6.45, 7) is 10.2. The average molecular weight is 348 g/mol. The first-order valence-electron chi connectivity index (χ1n) is 9.89. The number of hydrogen-bond donors (Lipinski definition) is 3. The summed E-state index contributed by atoms with van der Waals surface area (Å²) in [6.07, 6.45) is 2.29. The van der Waals surface area contributed by atoms with E-state index in [2.05, 4.69) is 20.4 Å². The zero-order valence-electron chi connectivity index (χ0n) is 15.6. The molecule has 4 nitrogen and oxygen atoms in total. The number of rotatable bonds is 2. The van der Waals surface area contributed by atoms with Crippen molar-refractivity contribution >= 4 is 5.78 Å². The molecule has 4 aliphatic carbocycles. The van der Waals surface area contributed by atoms with Crippen LogP contribution in [0.15, 0.2) is 12.2 Å². The van der Waals surface area contributed by atoms with Gasteiger partial charge in [0.15, 0.2) is 11.4 Å². The van der Waals surface area contributed by atoms with Crippen LogP contribution in [0, 0.1) is 46.8 Å². The van der Waals surface area contributed by atoms with Gasteiger partial charge in [-0.05, 0) is 62.2 Å². The summed E-state index contributed by atoms with van der Waals surface area (Å²) >= 11 is 0. The maximum Gasteiger partial charge on any atom is 0.170 e. The Balaban J connectivity index is 1.81. The molecular formula is C21H32O4. The molecule has 0 heterocycles. The van der Waals surface area contributed by atoms with Gasteiger partial charge in [-0.1, -0.05) is 26.0 Å². The van der Waals surface area contributed by atoms with Crippen molar-refractivity contribution in [2.24, 2.45) is 46.8 Å². The normalized spacial score (nSPS) is 57.3. The Morgan fingerprint density at radius 1 is 1.24 bits per heavy atom. The molecule has 4 aliphatic rings. The second-order valence-corrected chi connectivity index (χ2v) is 9.77. The number of hydrogen-bond acceptors (Lipinski definition) is 4. The van der Waals surface area contributed by atoms with Crippen LogP contribution in [-0.4, -0.2) is 39.4 Å². The van der Waals surface area contributed by atoms with Crippen LogP contribution in [0.25, 0.3) is 0 Å². The Morgan fingerprint density at radius 2 is 1.92 bits per heavy atom. The minimum atomic E-state index is -1.68. The fourth-order valence-electron chi connectivity index (χ4n) is 7.12. The van der Waals surface area contributed by atoms with Gasteiger partial charge in [0.25, 0.3) is 0 Å². The number of carbonyl (C=O) groups excluding carboxylic acids is 1. The molecule has 25 heavy (non-hydrogen) atoms. The van der Waals surface area contributed by atoms with Crippen LogP contribution in [0.4, 0.5) is 0 Å². The summed E-state index contributed by atoms with van der Waals surface area (Å²) in [5, 5.41) is 32.7. The second kappa shape index (κ2) is 5.40. The lowest BCUT2D eigenvalue weighted by Gasteiger charge is -2.46. The van der Waals surface area contributed by atoms with E-state index in [1.807, 2.05) is 6.92 Å². The molecule has 0 radical (unpaired) electrons. The minimum Gasteiger partial charge on any atom is -0.396 e. The number of aliphatic hydroxyl groups excluding tert-OH is 2. The smallest absolute Gasteiger partial charge is 0.170 e. The van der Waals surface area contributed by atoms with Crippen molar-refractivity contribution in [1.82, 2.24) is 0 Å². The third kappa shape index (κ3) is 2.08. The Hall–Kier alpha value is -0.710. The van der Waals surface area contributed by atoms with Gasteiger partial charge in [0.05, 0.1) is 12.7 Å². The minimum absolute atomic E-state index is 0.148. The van der Waals surface area contributed by atoms with E-state index < -0.39 is 17.1 Å². The molecule has 0 aromatic rings. The molecule has 0 aromatic carbocycles. The van der Waals surface area contributed by atoms with Crippen LogP contribution in [0.2, 0.25) is 0 Å². The number of allylic oxidation sites excluding steroid dienone is 1. The summed E-state index contributed by atoms with van der Waals surface area (Å²) in [5.74, 6) is 1.03. The molecule has 0 spiro atoms. The van der Waals surface area contributed by atoms with Gasteiger partial charge in [0.1, 0.15) is 0 Å². The van der Waals surface area contributed by atoms with Crippen LogP contribution in [0.3, 0.4) is 0 Å². The number of Topliss-reactive ketones (excluding diaryl/α,β-unsaturated/α-hetero) is 1. The highest BCUT2D eigenvalue weighted by molar-refractivity contribution is 5.92. The largest absolute Gasteiger partial charge is 0.396 e. The highest BCUT2D eigenvalue weighted by atomic mass is 16.4. The second-order valence-electron chi connectivity index (χ2n) is 9.77. The lowest BCUT2D eigenvalue weighted by Crippen LogP contribution is -2.57. The van der Waals surface area contributed by atoms with Crippen molar-refractivity contribution in [3.05, 3.63) is 12.2 Å². The first kappa shape index (κ1) is 17.7. The van der Waals surface area contributed by atoms with E-state index in [1.54, 1.807) is 0 Å². The van der Waals surface area contributed by atoms with E-state index in [1.165, 1.54) is 5.57 Å². The molecule has 3 N–H and O–H groups in total. The van der Waals surface area contributed by atoms with Crippen LogP contribution >= 0.6 is 0 Å². The quantitative estimate of drug-likeness (QED) is 0.669. The number of carbonyl (C=O) groups is 1. The molecule has 4 rings (SSSR count). The maximum atomic E-state index is 12.9. The molecule has 0 saturated heterocycles. The SMILES string of the molecule is C=C(C)[C@H]1CC2C(C3C[C@H](C)C(=O)[C@@]3(O)[C@H](O)[C@@]3(CO)C[C@@H]23)[C@H](C)C1. The summed E-state index contributed by atoms with van der Waals surface area (Å²) in [5.41, 5.74) is -1.17. The van der Waals surface area contributed by atoms with Crippen molar-refractivity contribution in [2.75, 3.05) is 6.61 Å². The third-order valence-electron chi connectivity index (χ3n) is 8.49. The van der Waals surface area contributed by atoms with Gasteiger partial charge in [-0.2, -0.15) is 0 Å². The summed E-state index contributed by atoms with van der Waals surface area (Å²) in [6, 6.07) is 0. The fraction of sp³-hybridized carbons (Fsp3) is 0.857. The van der Waals surface area contributed by atoms with E-state index in [0.29, 0.717) is 24.2 Å². The Kier molecular flexibility index (Phi) is 3.82. The van der Waals surface area contributed by atoms with E-state index in [9.17, 15) is 20.1 Å². The molecule has 4 fully saturated rings. The van der Waals surface area contributed by atoms with Gasteiger partial charge in [0, 0.05) is 17.3 Å². The fourth-order valence-corrected chi connectivity index (χ4v) is 7.12. The van der Waals surface area contributed by atoms with Gasteiger partial charge in [0.2, 0.25) is 0 Å². The van der Waals surface area contributed by atoms with Crippen LogP contribution < -0.4 is 0 Å². The van der Waals surface area contributed by atoms with Crippen LogP contribution in [-0.2, 0) is 4.79 Å². The van der Waals surface area contributed by atoms with Crippen molar-refractivity contribution in [2.45, 2.75) is 58.2 Å². The first-order valence-corrected chi connectivity index (χ1v) is 9.89. The molecule has 0 amide bonds. The van der Waals surface area contributed by atoms with E-state index >= 15 is 0 Å². The molecule has 3 unspecified atom stereocenters. The predicted octanol–water partition coefficient (Wildman–Crippen LogP) is 2.17. The summed E-state index contributed by atoms with van der Waals surface area (Å²) < 4.78 is 0. The van der Waals surface area contributed by atoms with Crippen molar-refractivity contribution < 1.29 is 20.1 Å². The first-order chi connectivity index (χ1) is 11.7. The summed E-state index contributed by atoms with van der Waals surface area (Å²) in [7, 11) is 0. The van der Waals surface area contributed by atoms with Crippen LogP contribution in [0.5, 0.6) is 0 Å². The Labute approximate surface area is 150 Å². The zero-order chi connectivity index (χ0) is 18.3. The topological polar surface area (TPSA) is 77.8 Å². The number of fused-ring (bicyclic) bond motifs is 5. The lowest BCUT2D eigenvalue weighted by molar-refractivity contribution is -0.169. The maximum absolute atomic E-state index is 12.9. The van der Waals surface area contributed by atoms with E-state index in [4.69, 9.17) is 0 Å². The van der Waals surface area contributed by atoms with Gasteiger partial charge in [-0.25, -0.2) is 0 Å². The van der Waals surface area contributed by atoms with E-state index in [0.717, 1.165) is 19.3 Å². The number of aliphatic hydroxyl groups is 3. The zero-order valence-corrected chi connectivity index (χ0v) is 15.6. The molecule has 0 aliphatic heterocycles. The molecule has 4 saturated carbocycles. The molecule has 10 atom stereocenters. The summed E-state index contributed by atoms with van der Waals surface area (Å²) in [4.78, 5) is 12.9. The molecule has 0 aromatic heterocycles. The average Bonchev–Trinajstić information content (AvgIpc) is 3.28. The highest BCUT2D eigenvalue weighted by Gasteiger charge is 2.75. The van der Waals surface area contributed by atoms with Crippen LogP contribution in [0.1, 0.15) is 46.5 Å². The van der Waals surface area contributed by atoms with Crippen molar-refractivity contribution in [3.8, 4) is 0 Å². The standard InChI is InChI=1S/C21H32O4/c1-10(2)13-5-11(3)17-14(7-13)16-8-20(16,9-22)19(24)21(25)15(17)6-12(4)18(21)23/h11-17,19,22,24-25H,1,5-9H2,2-4H3/t11-,12+,13-,14?,15?,16+,17?,19-,20-,21-/m1/s1. The predicted molar refractivity (Wildman–Crippen MR) is 94.5 cm³/mol. The Morgan fingerprint density at radius 3 is 2.52 bits per heavy atom. The van der Waals surface area contributed by atoms with Gasteiger partial charge >= 0.3 is 0 Å². The van der Waals surface area contributed by atoms with Gasteiger partial charge < -0.3 is 15.3 Å². The van der Waals surface area contributed by atoms with E-state index in [-0.39, 0.29) is 36.1 Å². The monoisotopic (exact) mass is 348 g/mol.